The molecule has 0 spiro atoms. The summed E-state index contributed by atoms with van der Waals surface area (Å²) in [6, 6.07) is 2.22. The Bertz CT molecular complexity index is 115. The molecule has 0 saturated carbocycles. The molecule has 2 heteroatoms. The molecule has 0 radical (unpaired) electrons. The Hall–Kier alpha value is -0.160. The van der Waals surface area contributed by atoms with Crippen molar-refractivity contribution < 1.29 is 0 Å². The van der Waals surface area contributed by atoms with Crippen molar-refractivity contribution >= 4 is 11.8 Å². The smallest absolute Gasteiger partial charge is 0.0661 e. The fourth-order valence-corrected chi connectivity index (χ4v) is 1.55. The molecule has 0 aromatic heterocycles. The van der Waals surface area contributed by atoms with E-state index >= 15 is 0 Å². The van der Waals surface area contributed by atoms with Gasteiger partial charge in [0.15, 0.2) is 0 Å². The molecule has 1 unspecified atom stereocenters. The maximum Gasteiger partial charge on any atom is 0.0661 e. The van der Waals surface area contributed by atoms with Gasteiger partial charge in [0.2, 0.25) is 0 Å². The Morgan fingerprint density at radius 2 is 1.90 bits per heavy atom. The summed E-state index contributed by atoms with van der Waals surface area (Å²) in [5.41, 5.74) is 0. The van der Waals surface area contributed by atoms with Gasteiger partial charge >= 0.3 is 0 Å². The molecule has 1 atom stereocenters. The number of nitrogens with zero attached hydrogens (tertiary/aromatic N) is 1. The van der Waals surface area contributed by atoms with Gasteiger partial charge in [0.1, 0.15) is 0 Å². The van der Waals surface area contributed by atoms with Gasteiger partial charge < -0.3 is 0 Å². The molecule has 0 aromatic carbocycles. The summed E-state index contributed by atoms with van der Waals surface area (Å²) in [5.74, 6) is 3.11. The maximum absolute atomic E-state index is 8.44. The Morgan fingerprint density at radius 1 is 1.30 bits per heavy atom. The lowest BCUT2D eigenvalue weighted by Gasteiger charge is -2.04. The SMILES string of the molecule is CC(C)CSCC(C)C#N. The fourth-order valence-electron chi connectivity index (χ4n) is 0.518. The van der Waals surface area contributed by atoms with E-state index in [9.17, 15) is 0 Å². The van der Waals surface area contributed by atoms with Crippen LogP contribution in [0.25, 0.3) is 0 Å². The molecule has 0 amide bonds. The molecule has 0 aliphatic heterocycles. The van der Waals surface area contributed by atoms with Crippen LogP contribution in [0.1, 0.15) is 20.8 Å². The predicted octanol–water partition coefficient (Wildman–Crippen LogP) is 2.54. The van der Waals surface area contributed by atoms with Gasteiger partial charge in [0.05, 0.1) is 12.0 Å². The molecule has 58 valence electrons. The number of hydrogen-bond donors (Lipinski definition) is 0. The van der Waals surface area contributed by atoms with Gasteiger partial charge in [0, 0.05) is 5.75 Å². The number of hydrogen-bond acceptors (Lipinski definition) is 2. The van der Waals surface area contributed by atoms with Crippen molar-refractivity contribution in [2.45, 2.75) is 20.8 Å². The maximum atomic E-state index is 8.44. The lowest BCUT2D eigenvalue weighted by Crippen LogP contribution is -1.98. The summed E-state index contributed by atoms with van der Waals surface area (Å²) in [6.07, 6.45) is 0. The zero-order chi connectivity index (χ0) is 7.98. The Labute approximate surface area is 67.8 Å². The van der Waals surface area contributed by atoms with Gasteiger partial charge in [-0.15, -0.1) is 0 Å². The highest BCUT2D eigenvalue weighted by molar-refractivity contribution is 7.99. The first-order valence-corrected chi connectivity index (χ1v) is 4.79. The van der Waals surface area contributed by atoms with Crippen LogP contribution in [-0.4, -0.2) is 11.5 Å². The van der Waals surface area contributed by atoms with Gasteiger partial charge in [-0.2, -0.15) is 17.0 Å². The average Bonchev–Trinajstić information content (AvgIpc) is 1.87. The second kappa shape index (κ2) is 5.61. The normalized spacial score (nSPS) is 13.1. The van der Waals surface area contributed by atoms with E-state index in [0.717, 1.165) is 11.7 Å². The van der Waals surface area contributed by atoms with Crippen molar-refractivity contribution in [1.82, 2.24) is 0 Å². The lowest BCUT2D eigenvalue weighted by molar-refractivity contribution is 0.747. The summed E-state index contributed by atoms with van der Waals surface area (Å²) >= 11 is 1.87. The number of thioether (sulfide) groups is 1. The molecule has 1 nitrogen and oxygen atoms in total. The van der Waals surface area contributed by atoms with Crippen molar-refractivity contribution in [2.24, 2.45) is 11.8 Å². The Morgan fingerprint density at radius 3 is 2.30 bits per heavy atom. The summed E-state index contributed by atoms with van der Waals surface area (Å²) < 4.78 is 0. The van der Waals surface area contributed by atoms with Crippen LogP contribution in [0.2, 0.25) is 0 Å². The molecule has 0 aromatic rings. The molecule has 0 fully saturated rings. The van der Waals surface area contributed by atoms with E-state index in [4.69, 9.17) is 5.26 Å². The second-order valence-corrected chi connectivity index (χ2v) is 4.04. The Balaban J connectivity index is 3.13. The van der Waals surface area contributed by atoms with E-state index in [1.54, 1.807) is 0 Å². The fraction of sp³-hybridized carbons (Fsp3) is 0.875. The van der Waals surface area contributed by atoms with Crippen LogP contribution >= 0.6 is 11.8 Å². The van der Waals surface area contributed by atoms with E-state index in [1.165, 1.54) is 5.75 Å². The third kappa shape index (κ3) is 5.97. The van der Waals surface area contributed by atoms with E-state index in [-0.39, 0.29) is 5.92 Å². The third-order valence-electron chi connectivity index (χ3n) is 1.04. The molecule has 0 aliphatic rings. The molecule has 0 heterocycles. The van der Waals surface area contributed by atoms with Crippen LogP contribution in [0.4, 0.5) is 0 Å². The summed E-state index contributed by atoms with van der Waals surface area (Å²) in [5, 5.41) is 8.44. The minimum Gasteiger partial charge on any atom is -0.198 e. The summed E-state index contributed by atoms with van der Waals surface area (Å²) in [4.78, 5) is 0. The van der Waals surface area contributed by atoms with Crippen LogP contribution < -0.4 is 0 Å². The standard InChI is InChI=1S/C8H15NS/c1-7(2)5-10-6-8(3)4-9/h7-8H,5-6H2,1-3H3. The largest absolute Gasteiger partial charge is 0.198 e. The number of rotatable bonds is 4. The highest BCUT2D eigenvalue weighted by Crippen LogP contribution is 2.11. The number of nitriles is 1. The van der Waals surface area contributed by atoms with Crippen molar-refractivity contribution in [3.8, 4) is 6.07 Å². The van der Waals surface area contributed by atoms with Gasteiger partial charge in [0.25, 0.3) is 0 Å². The van der Waals surface area contributed by atoms with Gasteiger partial charge in [-0.25, -0.2) is 0 Å². The van der Waals surface area contributed by atoms with Crippen LogP contribution in [0.15, 0.2) is 0 Å². The topological polar surface area (TPSA) is 23.8 Å². The molecule has 0 N–H and O–H groups in total. The minimum atomic E-state index is 0.212. The van der Waals surface area contributed by atoms with Gasteiger partial charge in [-0.05, 0) is 18.6 Å². The monoisotopic (exact) mass is 157 g/mol. The minimum absolute atomic E-state index is 0.212. The Kier molecular flexibility index (Phi) is 5.52. The molecule has 0 rings (SSSR count). The summed E-state index contributed by atoms with van der Waals surface area (Å²) in [6.45, 7) is 6.36. The van der Waals surface area contributed by atoms with Gasteiger partial charge in [-0.1, -0.05) is 13.8 Å². The highest BCUT2D eigenvalue weighted by Gasteiger charge is 1.99. The lowest BCUT2D eigenvalue weighted by atomic mass is 10.3. The van der Waals surface area contributed by atoms with Crippen molar-refractivity contribution in [3.05, 3.63) is 0 Å². The molecular weight excluding hydrogens is 142 g/mol. The first-order chi connectivity index (χ1) is 4.66. The van der Waals surface area contributed by atoms with Crippen LogP contribution in [0, 0.1) is 23.2 Å². The highest BCUT2D eigenvalue weighted by atomic mass is 32.2. The average molecular weight is 157 g/mol. The van der Waals surface area contributed by atoms with Gasteiger partial charge in [-0.3, -0.25) is 0 Å². The second-order valence-electron chi connectivity index (χ2n) is 2.96. The zero-order valence-electron chi connectivity index (χ0n) is 6.92. The summed E-state index contributed by atoms with van der Waals surface area (Å²) in [7, 11) is 0. The van der Waals surface area contributed by atoms with Crippen LogP contribution in [-0.2, 0) is 0 Å². The van der Waals surface area contributed by atoms with Crippen molar-refractivity contribution in [2.75, 3.05) is 11.5 Å². The molecule has 0 bridgehead atoms. The van der Waals surface area contributed by atoms with Crippen molar-refractivity contribution in [3.63, 3.8) is 0 Å². The first-order valence-electron chi connectivity index (χ1n) is 3.64. The third-order valence-corrected chi connectivity index (χ3v) is 2.68. The predicted molar refractivity (Wildman–Crippen MR) is 46.9 cm³/mol. The van der Waals surface area contributed by atoms with E-state index in [2.05, 4.69) is 19.9 Å². The molecule has 0 aliphatic carbocycles. The van der Waals surface area contributed by atoms with Crippen LogP contribution in [0.5, 0.6) is 0 Å². The molecule has 10 heavy (non-hydrogen) atoms. The van der Waals surface area contributed by atoms with Crippen LogP contribution in [0.3, 0.4) is 0 Å². The first kappa shape index (κ1) is 9.84. The molecule has 0 saturated heterocycles. The van der Waals surface area contributed by atoms with E-state index in [0.29, 0.717) is 0 Å². The zero-order valence-corrected chi connectivity index (χ0v) is 7.74. The van der Waals surface area contributed by atoms with E-state index < -0.39 is 0 Å². The molecular formula is C8H15NS. The van der Waals surface area contributed by atoms with Crippen molar-refractivity contribution in [1.29, 1.82) is 5.26 Å². The quantitative estimate of drug-likeness (QED) is 0.626. The van der Waals surface area contributed by atoms with E-state index in [1.807, 2.05) is 18.7 Å².